The molecule has 1 N–H and O–H groups in total. The summed E-state index contributed by atoms with van der Waals surface area (Å²) in [5.41, 5.74) is 0.697. The van der Waals surface area contributed by atoms with Gasteiger partial charge in [-0.2, -0.15) is 0 Å². The number of carbonyl (C=O) groups excluding carboxylic acids is 2. The van der Waals surface area contributed by atoms with E-state index in [2.05, 4.69) is 26.1 Å². The molecule has 1 aromatic rings. The molecule has 1 aromatic carbocycles. The molecule has 1 saturated carbocycles. The fourth-order valence-electron chi connectivity index (χ4n) is 2.62. The van der Waals surface area contributed by atoms with Crippen molar-refractivity contribution in [3.8, 4) is 0 Å². The Balaban J connectivity index is 1.49. The largest absolute Gasteiger partial charge is 0.352 e. The van der Waals surface area contributed by atoms with Crippen LogP contribution < -0.4 is 5.32 Å². The monoisotopic (exact) mass is 365 g/mol. The highest BCUT2D eigenvalue weighted by Crippen LogP contribution is 2.19. The van der Waals surface area contributed by atoms with E-state index in [0.29, 0.717) is 31.2 Å². The average Bonchev–Trinajstić information content (AvgIpc) is 3.31. The fourth-order valence-corrected chi connectivity index (χ4v) is 3.07. The molecule has 5 nitrogen and oxygen atoms in total. The number of rotatable bonds is 4. The standard InChI is InChI=1S/C16H20BrN3O2/c17-14-4-2-1-3-13(14)16(22)20-9-7-19(8-10-20)11-15(21)18-12-5-6-12/h1-4,12H,5-11H2,(H,18,21). The maximum Gasteiger partial charge on any atom is 0.255 e. The summed E-state index contributed by atoms with van der Waals surface area (Å²) in [6.07, 6.45) is 2.22. The zero-order chi connectivity index (χ0) is 15.5. The van der Waals surface area contributed by atoms with E-state index in [1.807, 2.05) is 29.2 Å². The van der Waals surface area contributed by atoms with Gasteiger partial charge in [0.15, 0.2) is 0 Å². The van der Waals surface area contributed by atoms with Gasteiger partial charge in [-0.25, -0.2) is 0 Å². The third-order valence-corrected chi connectivity index (χ3v) is 4.76. The van der Waals surface area contributed by atoms with Crippen LogP contribution in [0.2, 0.25) is 0 Å². The van der Waals surface area contributed by atoms with Gasteiger partial charge in [-0.1, -0.05) is 12.1 Å². The minimum atomic E-state index is 0.0505. The van der Waals surface area contributed by atoms with Crippen LogP contribution in [-0.2, 0) is 4.79 Å². The Kier molecular flexibility index (Phi) is 4.78. The predicted molar refractivity (Wildman–Crippen MR) is 87.7 cm³/mol. The second-order valence-corrected chi connectivity index (χ2v) is 6.74. The van der Waals surface area contributed by atoms with Crippen molar-refractivity contribution in [1.82, 2.24) is 15.1 Å². The Morgan fingerprint density at radius 3 is 2.45 bits per heavy atom. The van der Waals surface area contributed by atoms with Gasteiger partial charge in [0.25, 0.3) is 5.91 Å². The predicted octanol–water partition coefficient (Wildman–Crippen LogP) is 1.49. The number of hydrogen-bond acceptors (Lipinski definition) is 3. The molecular formula is C16H20BrN3O2. The molecule has 0 spiro atoms. The second kappa shape index (κ2) is 6.79. The van der Waals surface area contributed by atoms with Gasteiger partial charge in [-0.3, -0.25) is 14.5 Å². The molecule has 0 bridgehead atoms. The van der Waals surface area contributed by atoms with Gasteiger partial charge in [0.1, 0.15) is 0 Å². The van der Waals surface area contributed by atoms with Gasteiger partial charge in [0.2, 0.25) is 5.91 Å². The first kappa shape index (κ1) is 15.5. The molecule has 1 saturated heterocycles. The van der Waals surface area contributed by atoms with Gasteiger partial charge in [-0.05, 0) is 40.9 Å². The maximum absolute atomic E-state index is 12.5. The Morgan fingerprint density at radius 2 is 1.82 bits per heavy atom. The SMILES string of the molecule is O=C(CN1CCN(C(=O)c2ccccc2Br)CC1)NC1CC1. The molecule has 0 atom stereocenters. The topological polar surface area (TPSA) is 52.7 Å². The zero-order valence-electron chi connectivity index (χ0n) is 12.4. The van der Waals surface area contributed by atoms with Gasteiger partial charge in [0, 0.05) is 36.7 Å². The third kappa shape index (κ3) is 3.87. The van der Waals surface area contributed by atoms with Gasteiger partial charge >= 0.3 is 0 Å². The van der Waals surface area contributed by atoms with E-state index in [1.165, 1.54) is 0 Å². The highest BCUT2D eigenvalue weighted by molar-refractivity contribution is 9.10. The summed E-state index contributed by atoms with van der Waals surface area (Å²) in [5.74, 6) is 0.155. The summed E-state index contributed by atoms with van der Waals surface area (Å²) in [4.78, 5) is 28.3. The Labute approximate surface area is 138 Å². The van der Waals surface area contributed by atoms with E-state index in [4.69, 9.17) is 0 Å². The molecule has 118 valence electrons. The number of hydrogen-bond donors (Lipinski definition) is 1. The number of nitrogens with zero attached hydrogens (tertiary/aromatic N) is 2. The molecule has 2 amide bonds. The van der Waals surface area contributed by atoms with Crippen molar-refractivity contribution in [3.05, 3.63) is 34.3 Å². The maximum atomic E-state index is 12.5. The lowest BCUT2D eigenvalue weighted by atomic mass is 10.2. The van der Waals surface area contributed by atoms with Crippen molar-refractivity contribution in [2.24, 2.45) is 0 Å². The van der Waals surface area contributed by atoms with E-state index >= 15 is 0 Å². The van der Waals surface area contributed by atoms with Crippen LogP contribution in [0.25, 0.3) is 0 Å². The Hall–Kier alpha value is -1.40. The van der Waals surface area contributed by atoms with Gasteiger partial charge < -0.3 is 10.2 Å². The average molecular weight is 366 g/mol. The number of carbonyl (C=O) groups is 2. The van der Waals surface area contributed by atoms with Gasteiger partial charge in [-0.15, -0.1) is 0 Å². The van der Waals surface area contributed by atoms with Crippen molar-refractivity contribution in [2.45, 2.75) is 18.9 Å². The number of amides is 2. The molecule has 1 aliphatic carbocycles. The Morgan fingerprint density at radius 1 is 1.14 bits per heavy atom. The van der Waals surface area contributed by atoms with Gasteiger partial charge in [0.05, 0.1) is 12.1 Å². The summed E-state index contributed by atoms with van der Waals surface area (Å²) >= 11 is 3.43. The lowest BCUT2D eigenvalue weighted by Crippen LogP contribution is -2.51. The van der Waals surface area contributed by atoms with E-state index in [9.17, 15) is 9.59 Å². The third-order valence-electron chi connectivity index (χ3n) is 4.07. The molecule has 6 heteroatoms. The fraction of sp³-hybridized carbons (Fsp3) is 0.500. The van der Waals surface area contributed by atoms with E-state index < -0.39 is 0 Å². The molecule has 2 aliphatic rings. The van der Waals surface area contributed by atoms with Crippen LogP contribution in [0, 0.1) is 0 Å². The van der Waals surface area contributed by atoms with E-state index in [0.717, 1.165) is 30.4 Å². The van der Waals surface area contributed by atoms with Crippen LogP contribution in [0.1, 0.15) is 23.2 Å². The summed E-state index contributed by atoms with van der Waals surface area (Å²) in [6, 6.07) is 7.90. The van der Waals surface area contributed by atoms with Crippen molar-refractivity contribution in [2.75, 3.05) is 32.7 Å². The minimum Gasteiger partial charge on any atom is -0.352 e. The number of benzene rings is 1. The zero-order valence-corrected chi connectivity index (χ0v) is 14.0. The molecule has 1 heterocycles. The Bertz CT molecular complexity index is 566. The van der Waals surface area contributed by atoms with Crippen LogP contribution in [0.15, 0.2) is 28.7 Å². The van der Waals surface area contributed by atoms with Crippen LogP contribution in [0.5, 0.6) is 0 Å². The van der Waals surface area contributed by atoms with Crippen LogP contribution in [0.3, 0.4) is 0 Å². The van der Waals surface area contributed by atoms with E-state index in [-0.39, 0.29) is 11.8 Å². The molecular weight excluding hydrogens is 346 g/mol. The summed E-state index contributed by atoms with van der Waals surface area (Å²) in [5, 5.41) is 3.00. The molecule has 3 rings (SSSR count). The normalized spacial score (nSPS) is 19.0. The smallest absolute Gasteiger partial charge is 0.255 e. The second-order valence-electron chi connectivity index (χ2n) is 5.89. The molecule has 2 fully saturated rings. The first-order chi connectivity index (χ1) is 10.6. The first-order valence-corrected chi connectivity index (χ1v) is 8.48. The highest BCUT2D eigenvalue weighted by Gasteiger charge is 2.27. The quantitative estimate of drug-likeness (QED) is 0.879. The number of piperazine rings is 1. The highest BCUT2D eigenvalue weighted by atomic mass is 79.9. The molecule has 0 aromatic heterocycles. The summed E-state index contributed by atoms with van der Waals surface area (Å²) < 4.78 is 0.825. The van der Waals surface area contributed by atoms with Crippen molar-refractivity contribution in [3.63, 3.8) is 0 Å². The van der Waals surface area contributed by atoms with Crippen LogP contribution >= 0.6 is 15.9 Å². The lowest BCUT2D eigenvalue weighted by Gasteiger charge is -2.34. The van der Waals surface area contributed by atoms with E-state index in [1.54, 1.807) is 0 Å². The number of nitrogens with one attached hydrogen (secondary N) is 1. The molecule has 1 aliphatic heterocycles. The lowest BCUT2D eigenvalue weighted by molar-refractivity contribution is -0.122. The summed E-state index contributed by atoms with van der Waals surface area (Å²) in [7, 11) is 0. The molecule has 0 radical (unpaired) electrons. The number of halogens is 1. The van der Waals surface area contributed by atoms with Crippen molar-refractivity contribution >= 4 is 27.7 Å². The molecule has 22 heavy (non-hydrogen) atoms. The summed E-state index contributed by atoms with van der Waals surface area (Å²) in [6.45, 7) is 3.25. The minimum absolute atomic E-state index is 0.0505. The molecule has 0 unspecified atom stereocenters. The van der Waals surface area contributed by atoms with Crippen LogP contribution in [-0.4, -0.2) is 60.4 Å². The van der Waals surface area contributed by atoms with Crippen LogP contribution in [0.4, 0.5) is 0 Å². The van der Waals surface area contributed by atoms with Crippen molar-refractivity contribution in [1.29, 1.82) is 0 Å². The first-order valence-electron chi connectivity index (χ1n) is 7.69. The van der Waals surface area contributed by atoms with Crippen molar-refractivity contribution < 1.29 is 9.59 Å².